The van der Waals surface area contributed by atoms with E-state index in [1.165, 1.54) is 24.3 Å². The van der Waals surface area contributed by atoms with Gasteiger partial charge in [-0.1, -0.05) is 0 Å². The molecule has 0 aliphatic carbocycles. The third kappa shape index (κ3) is 12.4. The van der Waals surface area contributed by atoms with Gasteiger partial charge in [-0.15, -0.1) is 12.1 Å². The van der Waals surface area contributed by atoms with Crippen LogP contribution >= 0.6 is 0 Å². The fraction of sp³-hybridized carbons (Fsp3) is 0. The molecule has 1 aromatic carbocycles. The largest absolute Gasteiger partial charge is 1.00 e. The minimum absolute atomic E-state index is 0. The zero-order chi connectivity index (χ0) is 8.69. The standard InChI is InChI=1S/C6H4F.BH3O3.Li/c7-6-4-2-1-3-5-6;2-1(3)4;/h2-5H;2-4H;/q-1;;+1. The summed E-state index contributed by atoms with van der Waals surface area (Å²) in [6.07, 6.45) is 0. The quantitative estimate of drug-likeness (QED) is 0.276. The molecular weight excluding hydrogens is 157 g/mol. The van der Waals surface area contributed by atoms with Crippen LogP contribution in [0.4, 0.5) is 4.39 Å². The smallest absolute Gasteiger partial charge is 0.402 e. The molecular formula is C6H7BFLiO3. The molecule has 0 amide bonds. The first-order valence-corrected chi connectivity index (χ1v) is 2.78. The van der Waals surface area contributed by atoms with Crippen LogP contribution < -0.4 is 18.9 Å². The van der Waals surface area contributed by atoms with Crippen LogP contribution in [0, 0.1) is 11.9 Å². The fourth-order valence-electron chi connectivity index (χ4n) is 0.367. The topological polar surface area (TPSA) is 60.7 Å². The van der Waals surface area contributed by atoms with Gasteiger partial charge in [0.2, 0.25) is 0 Å². The molecule has 0 aliphatic rings. The first kappa shape index (κ1) is 14.2. The van der Waals surface area contributed by atoms with E-state index in [1.807, 2.05) is 0 Å². The van der Waals surface area contributed by atoms with Crippen LogP contribution in [0.1, 0.15) is 0 Å². The van der Waals surface area contributed by atoms with Gasteiger partial charge in [-0.3, -0.25) is 0 Å². The molecule has 0 saturated carbocycles. The summed E-state index contributed by atoms with van der Waals surface area (Å²) >= 11 is 0. The van der Waals surface area contributed by atoms with Crippen molar-refractivity contribution in [3.05, 3.63) is 36.1 Å². The van der Waals surface area contributed by atoms with E-state index in [2.05, 4.69) is 6.07 Å². The van der Waals surface area contributed by atoms with E-state index < -0.39 is 7.32 Å². The van der Waals surface area contributed by atoms with E-state index in [0.29, 0.717) is 0 Å². The summed E-state index contributed by atoms with van der Waals surface area (Å²) in [5, 5.41) is 21.5. The average molecular weight is 164 g/mol. The Hall–Kier alpha value is -0.308. The Balaban J connectivity index is 0. The minimum atomic E-state index is -2.17. The van der Waals surface area contributed by atoms with Gasteiger partial charge >= 0.3 is 26.2 Å². The predicted octanol–water partition coefficient (Wildman–Crippen LogP) is -3.42. The van der Waals surface area contributed by atoms with Crippen molar-refractivity contribution < 1.29 is 38.3 Å². The first-order valence-electron chi connectivity index (χ1n) is 2.78. The van der Waals surface area contributed by atoms with E-state index in [9.17, 15) is 4.39 Å². The number of rotatable bonds is 0. The molecule has 12 heavy (non-hydrogen) atoms. The molecule has 0 radical (unpaired) electrons. The Kier molecular flexibility index (Phi) is 10.4. The third-order valence-electron chi connectivity index (χ3n) is 0.678. The second-order valence-electron chi connectivity index (χ2n) is 1.56. The molecule has 0 spiro atoms. The summed E-state index contributed by atoms with van der Waals surface area (Å²) in [6.45, 7) is 0. The molecule has 0 atom stereocenters. The van der Waals surface area contributed by atoms with Crippen LogP contribution in [0.25, 0.3) is 0 Å². The van der Waals surface area contributed by atoms with Crippen LogP contribution in [0.3, 0.4) is 0 Å². The summed E-state index contributed by atoms with van der Waals surface area (Å²) in [5.74, 6) is -0.209. The van der Waals surface area contributed by atoms with E-state index in [-0.39, 0.29) is 24.7 Å². The Labute approximate surface area is 82.2 Å². The molecule has 60 valence electrons. The second kappa shape index (κ2) is 8.79. The monoisotopic (exact) mass is 164 g/mol. The summed E-state index contributed by atoms with van der Waals surface area (Å²) in [4.78, 5) is 0. The van der Waals surface area contributed by atoms with Crippen molar-refractivity contribution in [1.82, 2.24) is 0 Å². The Morgan fingerprint density at radius 3 is 1.67 bits per heavy atom. The number of hydrogen-bond acceptors (Lipinski definition) is 3. The second-order valence-corrected chi connectivity index (χ2v) is 1.56. The molecule has 3 N–H and O–H groups in total. The number of benzene rings is 1. The first-order chi connectivity index (χ1) is 5.13. The maximum atomic E-state index is 11.9. The van der Waals surface area contributed by atoms with Crippen molar-refractivity contribution in [2.45, 2.75) is 0 Å². The van der Waals surface area contributed by atoms with Crippen molar-refractivity contribution in [2.75, 3.05) is 0 Å². The van der Waals surface area contributed by atoms with E-state index >= 15 is 0 Å². The summed E-state index contributed by atoms with van der Waals surface area (Å²) < 4.78 is 11.9. The fourth-order valence-corrected chi connectivity index (χ4v) is 0.367. The van der Waals surface area contributed by atoms with Crippen LogP contribution in [0.5, 0.6) is 0 Å². The van der Waals surface area contributed by atoms with Crippen LogP contribution in [0.2, 0.25) is 0 Å². The van der Waals surface area contributed by atoms with Gasteiger partial charge in [0, 0.05) is 5.82 Å². The van der Waals surface area contributed by atoms with E-state index in [4.69, 9.17) is 15.1 Å². The summed E-state index contributed by atoms with van der Waals surface area (Å²) in [7, 11) is -2.17. The Morgan fingerprint density at radius 2 is 1.50 bits per heavy atom. The van der Waals surface area contributed by atoms with Crippen molar-refractivity contribution in [2.24, 2.45) is 0 Å². The normalized spacial score (nSPS) is 7.33. The summed E-state index contributed by atoms with van der Waals surface area (Å²) in [6, 6.07) is 8.49. The van der Waals surface area contributed by atoms with Crippen LogP contribution in [0.15, 0.2) is 24.3 Å². The zero-order valence-electron chi connectivity index (χ0n) is 6.61. The number of hydrogen-bond donors (Lipinski definition) is 3. The maximum absolute atomic E-state index is 11.9. The molecule has 3 nitrogen and oxygen atoms in total. The molecule has 0 heterocycles. The van der Waals surface area contributed by atoms with Gasteiger partial charge in [-0.05, 0) is 0 Å². The van der Waals surface area contributed by atoms with Gasteiger partial charge in [0.25, 0.3) is 0 Å². The molecule has 6 heteroatoms. The van der Waals surface area contributed by atoms with Crippen molar-refractivity contribution >= 4 is 7.32 Å². The third-order valence-corrected chi connectivity index (χ3v) is 0.678. The number of halogens is 1. The van der Waals surface area contributed by atoms with E-state index in [1.54, 1.807) is 0 Å². The predicted molar refractivity (Wildman–Crippen MR) is 37.6 cm³/mol. The molecule has 0 fully saturated rings. The van der Waals surface area contributed by atoms with Gasteiger partial charge in [0.05, 0.1) is 0 Å². The zero-order valence-corrected chi connectivity index (χ0v) is 6.61. The SMILES string of the molecule is Fc1cc[c-]cc1.OB(O)O.[Li+]. The van der Waals surface area contributed by atoms with Crippen LogP contribution in [-0.4, -0.2) is 22.4 Å². The molecule has 0 unspecified atom stereocenters. The average Bonchev–Trinajstić information content (AvgIpc) is 1.87. The molecule has 0 bridgehead atoms. The summed E-state index contributed by atoms with van der Waals surface area (Å²) in [5.41, 5.74) is 0. The van der Waals surface area contributed by atoms with Gasteiger partial charge in [-0.2, -0.15) is 18.2 Å². The van der Waals surface area contributed by atoms with Gasteiger partial charge in [0.15, 0.2) is 0 Å². The molecule has 1 rings (SSSR count). The van der Waals surface area contributed by atoms with Gasteiger partial charge < -0.3 is 15.1 Å². The minimum Gasteiger partial charge on any atom is -0.402 e. The van der Waals surface area contributed by atoms with Crippen molar-refractivity contribution in [3.8, 4) is 0 Å². The van der Waals surface area contributed by atoms with Gasteiger partial charge in [0.1, 0.15) is 0 Å². The Morgan fingerprint density at radius 1 is 1.17 bits per heavy atom. The Bertz CT molecular complexity index is 183. The maximum Gasteiger partial charge on any atom is 1.00 e. The van der Waals surface area contributed by atoms with Crippen molar-refractivity contribution in [1.29, 1.82) is 0 Å². The van der Waals surface area contributed by atoms with Crippen LogP contribution in [-0.2, 0) is 0 Å². The molecule has 0 saturated heterocycles. The molecule has 0 aliphatic heterocycles. The molecule has 0 aromatic heterocycles. The van der Waals surface area contributed by atoms with E-state index in [0.717, 1.165) is 0 Å². The van der Waals surface area contributed by atoms with Gasteiger partial charge in [-0.25, -0.2) is 4.39 Å². The van der Waals surface area contributed by atoms with Crippen molar-refractivity contribution in [3.63, 3.8) is 0 Å². The molecule has 1 aromatic rings.